The molecular formula is C27H26ClF5N4O4. The molecule has 3 N–H and O–H groups in total. The van der Waals surface area contributed by atoms with Crippen molar-refractivity contribution in [3.63, 3.8) is 0 Å². The number of anilines is 2. The van der Waals surface area contributed by atoms with Crippen molar-refractivity contribution in [2.24, 2.45) is 11.8 Å². The monoisotopic (exact) mass is 600 g/mol. The number of amides is 3. The van der Waals surface area contributed by atoms with Gasteiger partial charge in [-0.25, -0.2) is 0 Å². The Bertz CT molecular complexity index is 1350. The first-order valence-electron chi connectivity index (χ1n) is 12.7. The fraction of sp³-hybridized carbons (Fsp3) is 0.407. The van der Waals surface area contributed by atoms with Gasteiger partial charge in [-0.15, -0.1) is 0 Å². The van der Waals surface area contributed by atoms with Gasteiger partial charge in [0.05, 0.1) is 24.5 Å². The molecule has 1 saturated carbocycles. The number of Topliss-reactive ketones (excluding diaryl/α,β-unsaturated/α-hetero) is 1. The van der Waals surface area contributed by atoms with Crippen molar-refractivity contribution in [2.75, 3.05) is 29.9 Å². The van der Waals surface area contributed by atoms with E-state index >= 15 is 0 Å². The van der Waals surface area contributed by atoms with Crippen molar-refractivity contribution in [1.29, 1.82) is 0 Å². The number of halogens is 6. The van der Waals surface area contributed by atoms with Crippen molar-refractivity contribution in [3.05, 3.63) is 59.1 Å². The standard InChI is InChI=1S/C27H26ClF5N4O4/c1-15(22(39)35-14-26(29,30)27(31,32)33)23(40)36-25(21(38)17-8-10-18(28)11-9-17)13-34-19-4-2-3-5-20(19)37(24(25)41)12-16-6-7-16/h2-5,8-11,15-16,34H,6-7,12-14H2,1H3,(H,35,39)(H,36,40)/t15?,25-/m0/s1. The maximum atomic E-state index is 14.3. The molecule has 2 aromatic carbocycles. The molecule has 3 amide bonds. The summed E-state index contributed by atoms with van der Waals surface area (Å²) in [5.74, 6) is -11.2. The summed E-state index contributed by atoms with van der Waals surface area (Å²) in [4.78, 5) is 55.4. The van der Waals surface area contributed by atoms with Crippen LogP contribution in [0.2, 0.25) is 5.02 Å². The van der Waals surface area contributed by atoms with Crippen molar-refractivity contribution in [2.45, 2.75) is 37.4 Å². The first-order chi connectivity index (χ1) is 19.2. The minimum Gasteiger partial charge on any atom is -0.380 e. The zero-order valence-electron chi connectivity index (χ0n) is 21.7. The number of carbonyl (C=O) groups excluding carboxylic acids is 4. The predicted octanol–water partition coefficient (Wildman–Crippen LogP) is 4.20. The van der Waals surface area contributed by atoms with Crippen molar-refractivity contribution in [3.8, 4) is 0 Å². The number of rotatable bonds is 9. The smallest absolute Gasteiger partial charge is 0.380 e. The average Bonchev–Trinajstić information content (AvgIpc) is 3.76. The van der Waals surface area contributed by atoms with Gasteiger partial charge in [0.1, 0.15) is 5.92 Å². The zero-order valence-corrected chi connectivity index (χ0v) is 22.4. The Morgan fingerprint density at radius 2 is 1.68 bits per heavy atom. The second-order valence-electron chi connectivity index (χ2n) is 10.1. The van der Waals surface area contributed by atoms with E-state index in [0.29, 0.717) is 16.4 Å². The molecule has 220 valence electrons. The molecule has 0 saturated heterocycles. The van der Waals surface area contributed by atoms with E-state index in [1.807, 2.05) is 0 Å². The second kappa shape index (κ2) is 11.3. The Hall–Kier alpha value is -3.74. The number of carbonyl (C=O) groups is 4. The number of nitrogens with one attached hydrogen (secondary N) is 3. The molecule has 0 radical (unpaired) electrons. The van der Waals surface area contributed by atoms with Gasteiger partial charge < -0.3 is 20.9 Å². The number of nitrogens with zero attached hydrogens (tertiary/aromatic N) is 1. The minimum atomic E-state index is -5.92. The van der Waals surface area contributed by atoms with E-state index in [1.54, 1.807) is 24.3 Å². The van der Waals surface area contributed by atoms with E-state index in [1.165, 1.54) is 34.5 Å². The third-order valence-electron chi connectivity index (χ3n) is 7.00. The van der Waals surface area contributed by atoms with Crippen LogP contribution < -0.4 is 20.9 Å². The normalized spacial score (nSPS) is 19.9. The number of para-hydroxylation sites is 2. The number of alkyl halides is 5. The summed E-state index contributed by atoms with van der Waals surface area (Å²) in [5, 5.41) is 7.10. The fourth-order valence-corrected chi connectivity index (χ4v) is 4.44. The van der Waals surface area contributed by atoms with Crippen LogP contribution in [0.25, 0.3) is 0 Å². The third kappa shape index (κ3) is 6.29. The van der Waals surface area contributed by atoms with E-state index in [-0.39, 0.29) is 18.0 Å². The van der Waals surface area contributed by atoms with E-state index in [9.17, 15) is 41.1 Å². The lowest BCUT2D eigenvalue weighted by atomic mass is 9.86. The van der Waals surface area contributed by atoms with Gasteiger partial charge in [-0.2, -0.15) is 22.0 Å². The molecule has 0 bridgehead atoms. The van der Waals surface area contributed by atoms with Crippen LogP contribution in [0.5, 0.6) is 0 Å². The van der Waals surface area contributed by atoms with Gasteiger partial charge in [-0.05, 0) is 62.1 Å². The molecule has 0 spiro atoms. The molecule has 14 heteroatoms. The average molecular weight is 601 g/mol. The Morgan fingerprint density at radius 3 is 2.29 bits per heavy atom. The van der Waals surface area contributed by atoms with Crippen LogP contribution in [0.1, 0.15) is 30.1 Å². The highest BCUT2D eigenvalue weighted by Gasteiger charge is 2.58. The zero-order chi connectivity index (χ0) is 30.2. The van der Waals surface area contributed by atoms with E-state index in [4.69, 9.17) is 11.6 Å². The molecule has 0 aromatic heterocycles. The van der Waals surface area contributed by atoms with Crippen LogP contribution >= 0.6 is 11.6 Å². The molecule has 1 aliphatic carbocycles. The molecule has 1 unspecified atom stereocenters. The lowest BCUT2D eigenvalue weighted by molar-refractivity contribution is -0.278. The van der Waals surface area contributed by atoms with Crippen LogP contribution in [-0.2, 0) is 14.4 Å². The largest absolute Gasteiger partial charge is 0.455 e. The van der Waals surface area contributed by atoms with Crippen molar-refractivity contribution >= 4 is 46.5 Å². The summed E-state index contributed by atoms with van der Waals surface area (Å²) in [6.07, 6.45) is -4.22. The molecular weight excluding hydrogens is 575 g/mol. The van der Waals surface area contributed by atoms with Crippen molar-refractivity contribution < 1.29 is 41.1 Å². The minimum absolute atomic E-state index is 0.00380. The summed E-state index contributed by atoms with van der Waals surface area (Å²) in [7, 11) is 0. The third-order valence-corrected chi connectivity index (χ3v) is 7.26. The van der Waals surface area contributed by atoms with Gasteiger partial charge in [-0.1, -0.05) is 23.7 Å². The Balaban J connectivity index is 1.68. The van der Waals surface area contributed by atoms with Crippen LogP contribution in [0, 0.1) is 11.8 Å². The lowest BCUT2D eigenvalue weighted by Gasteiger charge is -2.35. The maximum absolute atomic E-state index is 14.3. The summed E-state index contributed by atoms with van der Waals surface area (Å²) in [6, 6.07) is 12.3. The van der Waals surface area contributed by atoms with Gasteiger partial charge in [0.25, 0.3) is 5.91 Å². The maximum Gasteiger partial charge on any atom is 0.455 e. The number of benzene rings is 2. The summed E-state index contributed by atoms with van der Waals surface area (Å²) < 4.78 is 64.3. The summed E-state index contributed by atoms with van der Waals surface area (Å²) >= 11 is 5.95. The van der Waals surface area contributed by atoms with Gasteiger partial charge in [0.2, 0.25) is 17.4 Å². The first-order valence-corrected chi connectivity index (χ1v) is 13.0. The SMILES string of the molecule is CC(C(=O)NCC(F)(F)C(F)(F)F)C(=O)N[C@]1(C(=O)c2ccc(Cl)cc2)CNc2ccccc2N(CC2CC2)C1=O. The molecule has 2 aliphatic rings. The predicted molar refractivity (Wildman–Crippen MR) is 140 cm³/mol. The topological polar surface area (TPSA) is 108 Å². The fourth-order valence-electron chi connectivity index (χ4n) is 4.31. The summed E-state index contributed by atoms with van der Waals surface area (Å²) in [5.41, 5.74) is -1.35. The highest BCUT2D eigenvalue weighted by molar-refractivity contribution is 6.31. The van der Waals surface area contributed by atoms with E-state index in [0.717, 1.165) is 19.8 Å². The lowest BCUT2D eigenvalue weighted by Crippen LogP contribution is -2.68. The summed E-state index contributed by atoms with van der Waals surface area (Å²) in [6.45, 7) is -1.34. The van der Waals surface area contributed by atoms with Crippen LogP contribution in [0.3, 0.4) is 0 Å². The Labute approximate surface area is 236 Å². The highest BCUT2D eigenvalue weighted by Crippen LogP contribution is 2.38. The Kier molecular flexibility index (Phi) is 8.30. The number of ketones is 1. The molecule has 4 rings (SSSR count). The molecule has 1 fully saturated rings. The molecule has 2 aromatic rings. The molecule has 2 atom stereocenters. The van der Waals surface area contributed by atoms with Crippen LogP contribution in [-0.4, -0.2) is 60.8 Å². The number of fused-ring (bicyclic) bond motifs is 1. The Morgan fingerprint density at radius 1 is 1.05 bits per heavy atom. The van der Waals surface area contributed by atoms with Gasteiger partial charge in [0, 0.05) is 17.1 Å². The van der Waals surface area contributed by atoms with Gasteiger partial charge >= 0.3 is 12.1 Å². The van der Waals surface area contributed by atoms with E-state index < -0.39 is 60.1 Å². The van der Waals surface area contributed by atoms with E-state index in [2.05, 4.69) is 10.6 Å². The second-order valence-corrected chi connectivity index (χ2v) is 10.5. The quantitative estimate of drug-likeness (QED) is 0.227. The number of hydrogen-bond donors (Lipinski definition) is 3. The molecule has 8 nitrogen and oxygen atoms in total. The van der Waals surface area contributed by atoms with Crippen LogP contribution in [0.15, 0.2) is 48.5 Å². The molecule has 1 aliphatic heterocycles. The molecule has 1 heterocycles. The van der Waals surface area contributed by atoms with Gasteiger partial charge in [-0.3, -0.25) is 19.2 Å². The highest BCUT2D eigenvalue weighted by atomic mass is 35.5. The van der Waals surface area contributed by atoms with Crippen molar-refractivity contribution in [1.82, 2.24) is 10.6 Å². The first kappa shape index (κ1) is 30.2. The van der Waals surface area contributed by atoms with Crippen LogP contribution in [0.4, 0.5) is 33.3 Å². The molecule has 41 heavy (non-hydrogen) atoms. The number of hydrogen-bond acceptors (Lipinski definition) is 5. The van der Waals surface area contributed by atoms with Gasteiger partial charge in [0.15, 0.2) is 5.78 Å².